The predicted molar refractivity (Wildman–Crippen MR) is 105 cm³/mol. The van der Waals surface area contributed by atoms with E-state index in [0.29, 0.717) is 27.5 Å². The van der Waals surface area contributed by atoms with E-state index in [1.165, 1.54) is 22.3 Å². The molecule has 0 unspecified atom stereocenters. The minimum atomic E-state index is -0.229. The Kier molecular flexibility index (Phi) is 5.56. The van der Waals surface area contributed by atoms with Crippen molar-refractivity contribution in [3.05, 3.63) is 57.5 Å². The van der Waals surface area contributed by atoms with E-state index in [2.05, 4.69) is 9.97 Å². The molecule has 2 aromatic heterocycles. The lowest BCUT2D eigenvalue weighted by Gasteiger charge is -2.14. The zero-order valence-electron chi connectivity index (χ0n) is 15.2. The van der Waals surface area contributed by atoms with Gasteiger partial charge in [-0.2, -0.15) is 0 Å². The van der Waals surface area contributed by atoms with Gasteiger partial charge in [-0.15, -0.1) is 11.3 Å². The maximum atomic E-state index is 12.4. The summed E-state index contributed by atoms with van der Waals surface area (Å²) in [5.41, 5.74) is 1.17. The van der Waals surface area contributed by atoms with Crippen molar-refractivity contribution in [1.29, 1.82) is 0 Å². The molecule has 0 bridgehead atoms. The van der Waals surface area contributed by atoms with Crippen molar-refractivity contribution in [1.82, 2.24) is 14.9 Å². The molecule has 0 atom stereocenters. The van der Waals surface area contributed by atoms with Gasteiger partial charge in [0.05, 0.1) is 26.3 Å². The number of methoxy groups -OCH3 is 2. The van der Waals surface area contributed by atoms with Crippen molar-refractivity contribution in [3.8, 4) is 11.5 Å². The Morgan fingerprint density at radius 3 is 2.85 bits per heavy atom. The molecule has 1 aromatic carbocycles. The minimum absolute atomic E-state index is 0.192. The van der Waals surface area contributed by atoms with Gasteiger partial charge in [-0.25, -0.2) is 4.98 Å². The fraction of sp³-hybridized carbons (Fsp3) is 0.211. The number of carbonyl (C=O) groups excluding carboxylic acids is 1. The number of nitrogens with zero attached hydrogens (tertiary/aromatic N) is 2. The van der Waals surface area contributed by atoms with Crippen LogP contribution >= 0.6 is 11.3 Å². The van der Waals surface area contributed by atoms with Crippen molar-refractivity contribution in [2.24, 2.45) is 0 Å². The summed E-state index contributed by atoms with van der Waals surface area (Å²) in [5, 5.41) is 1.82. The number of benzene rings is 1. The maximum Gasteiger partial charge on any atom is 0.268 e. The molecule has 0 saturated carbocycles. The quantitative estimate of drug-likeness (QED) is 0.660. The first-order valence-corrected chi connectivity index (χ1v) is 9.01. The molecule has 1 N–H and O–H groups in total. The van der Waals surface area contributed by atoms with Gasteiger partial charge in [0.15, 0.2) is 0 Å². The molecule has 0 spiro atoms. The Hall–Kier alpha value is -3.13. The number of thiophene rings is 1. The number of H-pyrrole nitrogens is 1. The van der Waals surface area contributed by atoms with Crippen LogP contribution in [0.5, 0.6) is 11.5 Å². The summed E-state index contributed by atoms with van der Waals surface area (Å²) in [5.74, 6) is 1.51. The van der Waals surface area contributed by atoms with E-state index in [9.17, 15) is 9.59 Å². The number of amides is 1. The second kappa shape index (κ2) is 8.05. The number of fused-ring (bicyclic) bond motifs is 1. The molecule has 0 aliphatic heterocycles. The number of carbonyl (C=O) groups is 1. The lowest BCUT2D eigenvalue weighted by Crippen LogP contribution is -2.26. The highest BCUT2D eigenvalue weighted by Crippen LogP contribution is 2.25. The first kappa shape index (κ1) is 18.7. The van der Waals surface area contributed by atoms with E-state index in [4.69, 9.17) is 9.47 Å². The summed E-state index contributed by atoms with van der Waals surface area (Å²) in [6, 6.07) is 7.13. The lowest BCUT2D eigenvalue weighted by atomic mass is 10.1. The smallest absolute Gasteiger partial charge is 0.268 e. The Balaban J connectivity index is 1.75. The van der Waals surface area contributed by atoms with Crippen LogP contribution in [-0.4, -0.2) is 42.0 Å². The number of nitrogens with one attached hydrogen (secondary N) is 1. The highest BCUT2D eigenvalue weighted by atomic mass is 32.1. The maximum absolute atomic E-state index is 12.4. The van der Waals surface area contributed by atoms with E-state index in [1.54, 1.807) is 51.6 Å². The minimum Gasteiger partial charge on any atom is -0.497 e. The molecule has 0 aliphatic rings. The first-order chi connectivity index (χ1) is 13.0. The summed E-state index contributed by atoms with van der Waals surface area (Å²) in [6.07, 6.45) is 3.11. The molecule has 7 nitrogen and oxygen atoms in total. The van der Waals surface area contributed by atoms with Gasteiger partial charge in [0.2, 0.25) is 5.91 Å². The van der Waals surface area contributed by atoms with E-state index in [0.717, 1.165) is 5.56 Å². The van der Waals surface area contributed by atoms with Crippen molar-refractivity contribution >= 4 is 33.5 Å². The topological polar surface area (TPSA) is 84.5 Å². The van der Waals surface area contributed by atoms with Crippen LogP contribution in [0, 0.1) is 0 Å². The Labute approximate surface area is 159 Å². The molecule has 27 heavy (non-hydrogen) atoms. The van der Waals surface area contributed by atoms with Gasteiger partial charge in [-0.1, -0.05) is 0 Å². The number of aromatic amines is 1. The van der Waals surface area contributed by atoms with Crippen molar-refractivity contribution in [3.63, 3.8) is 0 Å². The molecule has 140 valence electrons. The molecule has 0 saturated heterocycles. The van der Waals surface area contributed by atoms with Gasteiger partial charge >= 0.3 is 0 Å². The lowest BCUT2D eigenvalue weighted by molar-refractivity contribution is -0.125. The van der Waals surface area contributed by atoms with Gasteiger partial charge in [0.25, 0.3) is 5.56 Å². The van der Waals surface area contributed by atoms with Gasteiger partial charge in [0.1, 0.15) is 22.0 Å². The summed E-state index contributed by atoms with van der Waals surface area (Å²) in [7, 11) is 4.79. The number of aromatic nitrogens is 2. The van der Waals surface area contributed by atoms with Crippen LogP contribution in [0.1, 0.15) is 11.4 Å². The third-order valence-electron chi connectivity index (χ3n) is 3.97. The highest BCUT2D eigenvalue weighted by Gasteiger charge is 2.11. The predicted octanol–water partition coefficient (Wildman–Crippen LogP) is 2.67. The molecule has 0 fully saturated rings. The van der Waals surface area contributed by atoms with Gasteiger partial charge in [-0.3, -0.25) is 9.59 Å². The largest absolute Gasteiger partial charge is 0.497 e. The molecular weight excluding hydrogens is 366 g/mol. The van der Waals surface area contributed by atoms with Gasteiger partial charge in [0, 0.05) is 18.7 Å². The van der Waals surface area contributed by atoms with Crippen molar-refractivity contribution in [2.45, 2.75) is 6.54 Å². The second-order valence-electron chi connectivity index (χ2n) is 5.78. The fourth-order valence-electron chi connectivity index (χ4n) is 2.56. The van der Waals surface area contributed by atoms with Crippen molar-refractivity contribution < 1.29 is 14.3 Å². The summed E-state index contributed by atoms with van der Waals surface area (Å²) >= 11 is 1.34. The first-order valence-electron chi connectivity index (χ1n) is 8.13. The van der Waals surface area contributed by atoms with Crippen LogP contribution in [0.3, 0.4) is 0 Å². The molecule has 3 rings (SSSR count). The Morgan fingerprint density at radius 1 is 1.30 bits per heavy atom. The third kappa shape index (κ3) is 4.17. The molecule has 1 amide bonds. The molecule has 8 heteroatoms. The third-order valence-corrected chi connectivity index (χ3v) is 4.87. The fourth-order valence-corrected chi connectivity index (χ4v) is 3.28. The average molecular weight is 385 g/mol. The van der Waals surface area contributed by atoms with Crippen LogP contribution < -0.4 is 15.0 Å². The number of hydrogen-bond acceptors (Lipinski definition) is 6. The molecule has 0 aliphatic carbocycles. The molecule has 3 aromatic rings. The Bertz CT molecular complexity index is 1050. The zero-order chi connectivity index (χ0) is 19.4. The highest BCUT2D eigenvalue weighted by molar-refractivity contribution is 7.17. The number of rotatable bonds is 6. The monoisotopic (exact) mass is 385 g/mol. The van der Waals surface area contributed by atoms with E-state index < -0.39 is 0 Å². The SMILES string of the molecule is COc1ccc(OC)c(/C=C/C(=O)N(C)Cc2nc3ccsc3c(=O)[nH]2)c1. The van der Waals surface area contributed by atoms with E-state index in [1.807, 2.05) is 5.38 Å². The van der Waals surface area contributed by atoms with Gasteiger partial charge in [-0.05, 0) is 35.7 Å². The zero-order valence-corrected chi connectivity index (χ0v) is 16.0. The van der Waals surface area contributed by atoms with Crippen LogP contribution in [0.25, 0.3) is 16.3 Å². The number of ether oxygens (including phenoxy) is 2. The molecular formula is C19H19N3O4S. The van der Waals surface area contributed by atoms with E-state index >= 15 is 0 Å². The average Bonchev–Trinajstić information content (AvgIpc) is 3.14. The summed E-state index contributed by atoms with van der Waals surface area (Å²) in [6.45, 7) is 0.194. The van der Waals surface area contributed by atoms with Gasteiger partial charge < -0.3 is 19.4 Å². The number of likely N-dealkylation sites (N-methyl/N-ethyl adjacent to an activating group) is 1. The van der Waals surface area contributed by atoms with Crippen LogP contribution in [0.2, 0.25) is 0 Å². The normalized spacial score (nSPS) is 11.1. The molecule has 0 radical (unpaired) electrons. The second-order valence-corrected chi connectivity index (χ2v) is 6.70. The Morgan fingerprint density at radius 2 is 2.11 bits per heavy atom. The van der Waals surface area contributed by atoms with Crippen molar-refractivity contribution in [2.75, 3.05) is 21.3 Å². The van der Waals surface area contributed by atoms with Crippen LogP contribution in [0.4, 0.5) is 0 Å². The molecule has 2 heterocycles. The van der Waals surface area contributed by atoms with Crippen LogP contribution in [0.15, 0.2) is 40.5 Å². The van der Waals surface area contributed by atoms with Crippen LogP contribution in [-0.2, 0) is 11.3 Å². The van der Waals surface area contributed by atoms with E-state index in [-0.39, 0.29) is 18.0 Å². The summed E-state index contributed by atoms with van der Waals surface area (Å²) in [4.78, 5) is 33.0. The summed E-state index contributed by atoms with van der Waals surface area (Å²) < 4.78 is 11.1. The standard InChI is InChI=1S/C19H19N3O4S/c1-22(11-16-20-14-8-9-27-18(14)19(24)21-16)17(23)7-4-12-10-13(25-2)5-6-15(12)26-3/h4-10H,11H2,1-3H3,(H,20,21,24)/b7-4+. The number of hydrogen-bond donors (Lipinski definition) is 1.